The van der Waals surface area contributed by atoms with Crippen LogP contribution in [0.2, 0.25) is 0 Å². The van der Waals surface area contributed by atoms with Crippen molar-refractivity contribution in [3.05, 3.63) is 35.2 Å². The van der Waals surface area contributed by atoms with E-state index in [4.69, 9.17) is 10.5 Å². The highest BCUT2D eigenvalue weighted by Crippen LogP contribution is 2.28. The van der Waals surface area contributed by atoms with Gasteiger partial charge >= 0.3 is 0 Å². The summed E-state index contributed by atoms with van der Waals surface area (Å²) in [6.07, 6.45) is 0. The summed E-state index contributed by atoms with van der Waals surface area (Å²) in [6, 6.07) is 6.04. The second kappa shape index (κ2) is 6.08. The molecular weight excluding hydrogens is 260 g/mol. The van der Waals surface area contributed by atoms with E-state index in [1.165, 1.54) is 0 Å². The molecule has 0 aliphatic heterocycles. The van der Waals surface area contributed by atoms with Gasteiger partial charge in [-0.25, -0.2) is 4.98 Å². The average molecular weight is 278 g/mol. The Morgan fingerprint density at radius 1 is 1.47 bits per heavy atom. The summed E-state index contributed by atoms with van der Waals surface area (Å²) in [5.41, 5.74) is 8.11. The number of hydrogen-bond donors (Lipinski definition) is 2. The Balaban J connectivity index is 2.15. The average Bonchev–Trinajstić information content (AvgIpc) is 2.81. The van der Waals surface area contributed by atoms with E-state index >= 15 is 0 Å². The van der Waals surface area contributed by atoms with Crippen molar-refractivity contribution in [2.45, 2.75) is 30.8 Å². The number of benzene rings is 1. The summed E-state index contributed by atoms with van der Waals surface area (Å²) in [5.74, 6) is 2.43. The van der Waals surface area contributed by atoms with E-state index < -0.39 is 0 Å². The molecule has 3 N–H and O–H groups in total. The molecule has 0 aliphatic carbocycles. The largest absolute Gasteiger partial charge is 0.496 e. The molecule has 19 heavy (non-hydrogen) atoms. The number of thioether (sulfide) groups is 1. The van der Waals surface area contributed by atoms with Crippen molar-refractivity contribution in [1.82, 2.24) is 15.2 Å². The Labute approximate surface area is 117 Å². The minimum Gasteiger partial charge on any atom is -0.496 e. The van der Waals surface area contributed by atoms with Gasteiger partial charge in [0.15, 0.2) is 0 Å². The SMILES string of the molecule is COc1ccc(C(C)N)cc1CSc1n[nH]c(C)n1. The van der Waals surface area contributed by atoms with E-state index in [9.17, 15) is 0 Å². The number of nitrogens with one attached hydrogen (secondary N) is 1. The zero-order chi connectivity index (χ0) is 13.8. The van der Waals surface area contributed by atoms with Crippen molar-refractivity contribution in [3.63, 3.8) is 0 Å². The van der Waals surface area contributed by atoms with Crippen LogP contribution in [0.25, 0.3) is 0 Å². The van der Waals surface area contributed by atoms with E-state index in [0.717, 1.165) is 33.6 Å². The van der Waals surface area contributed by atoms with Crippen LogP contribution in [0.3, 0.4) is 0 Å². The second-order valence-corrected chi connectivity index (χ2v) is 5.29. The molecular formula is C13H18N4OS. The number of rotatable bonds is 5. The molecule has 1 unspecified atom stereocenters. The number of aryl methyl sites for hydroxylation is 1. The number of aromatic amines is 1. The molecule has 2 rings (SSSR count). The topological polar surface area (TPSA) is 76.8 Å². The lowest BCUT2D eigenvalue weighted by Gasteiger charge is -2.12. The number of H-pyrrole nitrogens is 1. The van der Waals surface area contributed by atoms with Gasteiger partial charge < -0.3 is 10.5 Å². The molecule has 0 aliphatic rings. The highest BCUT2D eigenvalue weighted by Gasteiger charge is 2.09. The monoisotopic (exact) mass is 278 g/mol. The minimum atomic E-state index is 0.0143. The summed E-state index contributed by atoms with van der Waals surface area (Å²) in [4.78, 5) is 4.27. The maximum atomic E-state index is 5.91. The van der Waals surface area contributed by atoms with Gasteiger partial charge in [-0.15, -0.1) is 5.10 Å². The molecule has 0 bridgehead atoms. The number of methoxy groups -OCH3 is 1. The highest BCUT2D eigenvalue weighted by atomic mass is 32.2. The fraction of sp³-hybridized carbons (Fsp3) is 0.385. The molecule has 6 heteroatoms. The van der Waals surface area contributed by atoms with Crippen LogP contribution in [0, 0.1) is 6.92 Å². The van der Waals surface area contributed by atoms with Crippen LogP contribution < -0.4 is 10.5 Å². The summed E-state index contributed by atoms with van der Waals surface area (Å²) in [5, 5.41) is 7.68. The van der Waals surface area contributed by atoms with Crippen LogP contribution in [0.1, 0.15) is 29.9 Å². The number of aromatic nitrogens is 3. The van der Waals surface area contributed by atoms with Crippen molar-refractivity contribution in [1.29, 1.82) is 0 Å². The van der Waals surface area contributed by atoms with Gasteiger partial charge in [0.05, 0.1) is 7.11 Å². The molecule has 2 aromatic rings. The van der Waals surface area contributed by atoms with Crippen LogP contribution in [0.15, 0.2) is 23.4 Å². The molecule has 0 saturated heterocycles. The first-order chi connectivity index (χ1) is 9.10. The van der Waals surface area contributed by atoms with Crippen molar-refractivity contribution in [2.75, 3.05) is 7.11 Å². The number of ether oxygens (including phenoxy) is 1. The maximum Gasteiger partial charge on any atom is 0.208 e. The molecule has 0 radical (unpaired) electrons. The lowest BCUT2D eigenvalue weighted by Crippen LogP contribution is -2.05. The fourth-order valence-corrected chi connectivity index (χ4v) is 2.55. The molecule has 0 amide bonds. The van der Waals surface area contributed by atoms with E-state index in [0.29, 0.717) is 0 Å². The Morgan fingerprint density at radius 2 is 2.26 bits per heavy atom. The van der Waals surface area contributed by atoms with E-state index in [2.05, 4.69) is 21.2 Å². The molecule has 1 heterocycles. The first-order valence-electron chi connectivity index (χ1n) is 6.04. The lowest BCUT2D eigenvalue weighted by molar-refractivity contribution is 0.411. The van der Waals surface area contributed by atoms with Gasteiger partial charge in [0, 0.05) is 17.4 Å². The quantitative estimate of drug-likeness (QED) is 0.821. The highest BCUT2D eigenvalue weighted by molar-refractivity contribution is 7.98. The summed E-state index contributed by atoms with van der Waals surface area (Å²) in [7, 11) is 1.67. The smallest absolute Gasteiger partial charge is 0.208 e. The van der Waals surface area contributed by atoms with Crippen LogP contribution in [-0.4, -0.2) is 22.3 Å². The Bertz CT molecular complexity index is 553. The third-order valence-corrected chi connectivity index (χ3v) is 3.66. The first kappa shape index (κ1) is 13.9. The van der Waals surface area contributed by atoms with E-state index in [1.54, 1.807) is 18.9 Å². The third-order valence-electron chi connectivity index (χ3n) is 2.76. The lowest BCUT2D eigenvalue weighted by atomic mass is 10.1. The molecule has 1 aromatic heterocycles. The van der Waals surface area contributed by atoms with Crippen molar-refractivity contribution in [3.8, 4) is 5.75 Å². The predicted molar refractivity (Wildman–Crippen MR) is 76.3 cm³/mol. The van der Waals surface area contributed by atoms with Gasteiger partial charge in [-0.1, -0.05) is 17.8 Å². The zero-order valence-corrected chi connectivity index (χ0v) is 12.1. The molecule has 1 aromatic carbocycles. The number of hydrogen-bond acceptors (Lipinski definition) is 5. The van der Waals surface area contributed by atoms with Gasteiger partial charge in [0.2, 0.25) is 5.16 Å². The molecule has 0 spiro atoms. The van der Waals surface area contributed by atoms with Crippen LogP contribution in [0.4, 0.5) is 0 Å². The van der Waals surface area contributed by atoms with Crippen molar-refractivity contribution >= 4 is 11.8 Å². The summed E-state index contributed by atoms with van der Waals surface area (Å²) >= 11 is 1.57. The van der Waals surface area contributed by atoms with Gasteiger partial charge in [-0.3, -0.25) is 5.10 Å². The zero-order valence-electron chi connectivity index (χ0n) is 11.3. The third kappa shape index (κ3) is 3.48. The molecule has 1 atom stereocenters. The first-order valence-corrected chi connectivity index (χ1v) is 7.03. The van der Waals surface area contributed by atoms with E-state index in [1.807, 2.05) is 26.0 Å². The van der Waals surface area contributed by atoms with E-state index in [-0.39, 0.29) is 6.04 Å². The Kier molecular flexibility index (Phi) is 4.44. The van der Waals surface area contributed by atoms with Gasteiger partial charge in [0.1, 0.15) is 11.6 Å². The summed E-state index contributed by atoms with van der Waals surface area (Å²) < 4.78 is 5.37. The second-order valence-electron chi connectivity index (χ2n) is 4.35. The van der Waals surface area contributed by atoms with Crippen LogP contribution in [-0.2, 0) is 5.75 Å². The molecule has 0 saturated carbocycles. The normalized spacial score (nSPS) is 12.4. The maximum absolute atomic E-state index is 5.91. The molecule has 0 fully saturated rings. The fourth-order valence-electron chi connectivity index (χ4n) is 1.72. The Hall–Kier alpha value is -1.53. The van der Waals surface area contributed by atoms with Gasteiger partial charge in [-0.2, -0.15) is 0 Å². The molecule has 5 nitrogen and oxygen atoms in total. The van der Waals surface area contributed by atoms with Gasteiger partial charge in [0.25, 0.3) is 0 Å². The van der Waals surface area contributed by atoms with Crippen molar-refractivity contribution in [2.24, 2.45) is 5.73 Å². The minimum absolute atomic E-state index is 0.0143. The molecule has 102 valence electrons. The van der Waals surface area contributed by atoms with Crippen LogP contribution >= 0.6 is 11.8 Å². The Morgan fingerprint density at radius 3 is 2.84 bits per heavy atom. The number of nitrogens with two attached hydrogens (primary N) is 1. The van der Waals surface area contributed by atoms with Gasteiger partial charge in [-0.05, 0) is 31.5 Å². The standard InChI is InChI=1S/C13H18N4OS/c1-8(14)10-4-5-12(18-3)11(6-10)7-19-13-15-9(2)16-17-13/h4-6,8H,7,14H2,1-3H3,(H,15,16,17). The number of nitrogens with zero attached hydrogens (tertiary/aromatic N) is 2. The summed E-state index contributed by atoms with van der Waals surface area (Å²) in [6.45, 7) is 3.85. The predicted octanol–water partition coefficient (Wildman–Crippen LogP) is 2.43. The van der Waals surface area contributed by atoms with Crippen LogP contribution in [0.5, 0.6) is 5.75 Å². The van der Waals surface area contributed by atoms with Crippen molar-refractivity contribution < 1.29 is 4.74 Å².